The van der Waals surface area contributed by atoms with E-state index in [1.165, 1.54) is 24.2 Å². The van der Waals surface area contributed by atoms with Crippen LogP contribution in [0.5, 0.6) is 5.75 Å². The molecule has 1 saturated heterocycles. The van der Waals surface area contributed by atoms with Crippen LogP contribution in [-0.2, 0) is 6.54 Å². The lowest BCUT2D eigenvalue weighted by molar-refractivity contribution is 0.253. The van der Waals surface area contributed by atoms with Crippen LogP contribution in [-0.4, -0.2) is 64.3 Å². The molecule has 1 aliphatic heterocycles. The van der Waals surface area contributed by atoms with Gasteiger partial charge < -0.3 is 20.3 Å². The Morgan fingerprint density at radius 1 is 0.933 bits per heavy atom. The molecule has 0 radical (unpaired) electrons. The van der Waals surface area contributed by atoms with Crippen LogP contribution in [0.2, 0.25) is 0 Å². The van der Waals surface area contributed by atoms with Crippen molar-refractivity contribution in [3.05, 3.63) is 60.2 Å². The van der Waals surface area contributed by atoms with Crippen molar-refractivity contribution in [1.82, 2.24) is 15.5 Å². The summed E-state index contributed by atoms with van der Waals surface area (Å²) < 4.78 is 5.20. The highest BCUT2D eigenvalue weighted by Crippen LogP contribution is 2.15. The van der Waals surface area contributed by atoms with Gasteiger partial charge in [0, 0.05) is 52.0 Å². The molecule has 2 N–H and O–H groups in total. The monoisotopic (exact) mass is 409 g/mol. The number of hydrogen-bond donors (Lipinski definition) is 2. The Kier molecular flexibility index (Phi) is 8.84. The number of anilines is 1. The number of nitrogens with zero attached hydrogens (tertiary/aromatic N) is 3. The summed E-state index contributed by atoms with van der Waals surface area (Å²) in [5.41, 5.74) is 2.54. The second-order valence-electron chi connectivity index (χ2n) is 7.57. The maximum atomic E-state index is 5.20. The van der Waals surface area contributed by atoms with E-state index in [1.54, 1.807) is 7.11 Å². The maximum absolute atomic E-state index is 5.20. The summed E-state index contributed by atoms with van der Waals surface area (Å²) in [6, 6.07) is 18.8. The smallest absolute Gasteiger partial charge is 0.191 e. The van der Waals surface area contributed by atoms with E-state index in [4.69, 9.17) is 4.74 Å². The lowest BCUT2D eigenvalue weighted by atomic mass is 10.2. The molecular formula is C24H35N5O. The zero-order valence-electron chi connectivity index (χ0n) is 18.3. The average Bonchev–Trinajstić information content (AvgIpc) is 2.82. The van der Waals surface area contributed by atoms with E-state index in [-0.39, 0.29) is 0 Å². The van der Waals surface area contributed by atoms with Gasteiger partial charge in [-0.05, 0) is 49.2 Å². The summed E-state index contributed by atoms with van der Waals surface area (Å²) >= 11 is 0. The highest BCUT2D eigenvalue weighted by atomic mass is 16.5. The number of aliphatic imine (C=N–C) groups is 1. The first-order valence-corrected chi connectivity index (χ1v) is 10.9. The van der Waals surface area contributed by atoms with E-state index >= 15 is 0 Å². The van der Waals surface area contributed by atoms with Crippen LogP contribution in [0.1, 0.15) is 18.4 Å². The predicted octanol–water partition coefficient (Wildman–Crippen LogP) is 2.96. The molecule has 0 saturated carbocycles. The number of ether oxygens (including phenoxy) is 1. The standard InChI is InChI=1S/C24H35N5O/c1-25-24(27-20-21-10-12-23(30-2)13-11-21)26-14-6-7-15-28-16-18-29(19-17-28)22-8-4-3-5-9-22/h3-5,8-13H,6-7,14-20H2,1-2H3,(H2,25,26,27). The Bertz CT molecular complexity index is 755. The zero-order valence-corrected chi connectivity index (χ0v) is 18.3. The van der Waals surface area contributed by atoms with Gasteiger partial charge in [0.1, 0.15) is 5.75 Å². The van der Waals surface area contributed by atoms with Gasteiger partial charge in [0.2, 0.25) is 0 Å². The minimum absolute atomic E-state index is 0.745. The Morgan fingerprint density at radius 2 is 1.67 bits per heavy atom. The van der Waals surface area contributed by atoms with Crippen molar-refractivity contribution >= 4 is 11.6 Å². The predicted molar refractivity (Wildman–Crippen MR) is 126 cm³/mol. The quantitative estimate of drug-likeness (QED) is 0.379. The molecule has 6 heteroatoms. The van der Waals surface area contributed by atoms with Crippen molar-refractivity contribution in [3.8, 4) is 5.75 Å². The van der Waals surface area contributed by atoms with Crippen molar-refractivity contribution < 1.29 is 4.74 Å². The van der Waals surface area contributed by atoms with Crippen LogP contribution < -0.4 is 20.3 Å². The van der Waals surface area contributed by atoms with Crippen molar-refractivity contribution in [1.29, 1.82) is 0 Å². The van der Waals surface area contributed by atoms with Gasteiger partial charge in [-0.2, -0.15) is 0 Å². The van der Waals surface area contributed by atoms with Crippen molar-refractivity contribution in [2.45, 2.75) is 19.4 Å². The second-order valence-corrected chi connectivity index (χ2v) is 7.57. The summed E-state index contributed by atoms with van der Waals surface area (Å²) in [4.78, 5) is 9.38. The lowest BCUT2D eigenvalue weighted by Gasteiger charge is -2.36. The molecule has 0 atom stereocenters. The first-order valence-electron chi connectivity index (χ1n) is 10.9. The fourth-order valence-electron chi connectivity index (χ4n) is 3.69. The summed E-state index contributed by atoms with van der Waals surface area (Å²) in [5.74, 6) is 1.73. The van der Waals surface area contributed by atoms with E-state index in [2.05, 4.69) is 67.9 Å². The van der Waals surface area contributed by atoms with Crippen LogP contribution in [0.3, 0.4) is 0 Å². The molecule has 0 aromatic heterocycles. The maximum Gasteiger partial charge on any atom is 0.191 e. The lowest BCUT2D eigenvalue weighted by Crippen LogP contribution is -2.46. The van der Waals surface area contributed by atoms with Gasteiger partial charge >= 0.3 is 0 Å². The molecule has 2 aromatic rings. The van der Waals surface area contributed by atoms with E-state index in [1.807, 2.05) is 19.2 Å². The molecule has 3 rings (SSSR count). The number of guanidine groups is 1. The number of unbranched alkanes of at least 4 members (excludes halogenated alkanes) is 1. The van der Waals surface area contributed by atoms with E-state index in [0.717, 1.165) is 57.4 Å². The van der Waals surface area contributed by atoms with E-state index in [0.29, 0.717) is 0 Å². The molecule has 6 nitrogen and oxygen atoms in total. The van der Waals surface area contributed by atoms with Gasteiger partial charge in [-0.25, -0.2) is 0 Å². The highest BCUT2D eigenvalue weighted by Gasteiger charge is 2.16. The topological polar surface area (TPSA) is 52.1 Å². The number of benzene rings is 2. The van der Waals surface area contributed by atoms with Gasteiger partial charge in [0.25, 0.3) is 0 Å². The van der Waals surface area contributed by atoms with Crippen molar-refractivity contribution in [2.75, 3.05) is 58.3 Å². The summed E-state index contributed by atoms with van der Waals surface area (Å²) in [6.45, 7) is 7.37. The first kappa shape index (κ1) is 22.0. The van der Waals surface area contributed by atoms with Crippen LogP contribution in [0.25, 0.3) is 0 Å². The molecule has 0 aliphatic carbocycles. The van der Waals surface area contributed by atoms with Crippen LogP contribution in [0.15, 0.2) is 59.6 Å². The molecule has 0 spiro atoms. The fourth-order valence-corrected chi connectivity index (χ4v) is 3.69. The summed E-state index contributed by atoms with van der Waals surface area (Å²) in [7, 11) is 3.50. The minimum Gasteiger partial charge on any atom is -0.497 e. The van der Waals surface area contributed by atoms with Gasteiger partial charge in [-0.1, -0.05) is 30.3 Å². The number of nitrogens with one attached hydrogen (secondary N) is 2. The SMILES string of the molecule is CN=C(NCCCCN1CCN(c2ccccc2)CC1)NCc1ccc(OC)cc1. The van der Waals surface area contributed by atoms with Gasteiger partial charge in [0.15, 0.2) is 5.96 Å². The molecule has 0 amide bonds. The summed E-state index contributed by atoms with van der Waals surface area (Å²) in [6.07, 6.45) is 2.34. The Balaban J connectivity index is 1.26. The number of hydrogen-bond acceptors (Lipinski definition) is 4. The van der Waals surface area contributed by atoms with Crippen LogP contribution in [0, 0.1) is 0 Å². The molecule has 1 fully saturated rings. The minimum atomic E-state index is 0.745. The van der Waals surface area contributed by atoms with Crippen molar-refractivity contribution in [3.63, 3.8) is 0 Å². The Morgan fingerprint density at radius 3 is 2.33 bits per heavy atom. The Labute approximate surface area is 180 Å². The van der Waals surface area contributed by atoms with E-state index < -0.39 is 0 Å². The third-order valence-electron chi connectivity index (χ3n) is 5.53. The average molecular weight is 410 g/mol. The number of rotatable bonds is 9. The molecule has 30 heavy (non-hydrogen) atoms. The van der Waals surface area contributed by atoms with Crippen LogP contribution >= 0.6 is 0 Å². The molecule has 1 heterocycles. The molecule has 0 bridgehead atoms. The molecular weight excluding hydrogens is 374 g/mol. The molecule has 1 aliphatic rings. The Hall–Kier alpha value is -2.73. The third kappa shape index (κ3) is 6.95. The van der Waals surface area contributed by atoms with Gasteiger partial charge in [0.05, 0.1) is 7.11 Å². The molecule has 2 aromatic carbocycles. The largest absolute Gasteiger partial charge is 0.497 e. The number of para-hydroxylation sites is 1. The third-order valence-corrected chi connectivity index (χ3v) is 5.53. The zero-order chi connectivity index (χ0) is 21.0. The van der Waals surface area contributed by atoms with E-state index in [9.17, 15) is 0 Å². The number of piperazine rings is 1. The molecule has 0 unspecified atom stereocenters. The first-order chi connectivity index (χ1) is 14.8. The van der Waals surface area contributed by atoms with Crippen LogP contribution in [0.4, 0.5) is 5.69 Å². The molecule has 162 valence electrons. The normalized spacial score (nSPS) is 15.1. The van der Waals surface area contributed by atoms with Gasteiger partial charge in [-0.3, -0.25) is 9.89 Å². The van der Waals surface area contributed by atoms with Gasteiger partial charge in [-0.15, -0.1) is 0 Å². The number of methoxy groups -OCH3 is 1. The fraction of sp³-hybridized carbons (Fsp3) is 0.458. The second kappa shape index (κ2) is 12.1. The van der Waals surface area contributed by atoms with Crippen molar-refractivity contribution in [2.24, 2.45) is 4.99 Å². The highest BCUT2D eigenvalue weighted by molar-refractivity contribution is 5.79. The summed E-state index contributed by atoms with van der Waals surface area (Å²) in [5, 5.41) is 6.78.